The van der Waals surface area contributed by atoms with Crippen molar-refractivity contribution in [3.05, 3.63) is 36.9 Å². The van der Waals surface area contributed by atoms with E-state index in [9.17, 15) is 9.59 Å². The fraction of sp³-hybridized carbons (Fsp3) is 0.231. The van der Waals surface area contributed by atoms with Crippen molar-refractivity contribution in [1.82, 2.24) is 0 Å². The van der Waals surface area contributed by atoms with E-state index in [-0.39, 0.29) is 0 Å². The van der Waals surface area contributed by atoms with Crippen LogP contribution in [0.25, 0.3) is 0 Å². The molecule has 0 saturated carbocycles. The molecule has 0 fully saturated rings. The maximum Gasteiger partial charge on any atom is 0.305 e. The molecule has 19 heavy (non-hydrogen) atoms. The topological polar surface area (TPSA) is 92.4 Å². The number of anilines is 1. The highest BCUT2D eigenvalue weighted by atomic mass is 32.2. The zero-order valence-electron chi connectivity index (χ0n) is 10.3. The summed E-state index contributed by atoms with van der Waals surface area (Å²) in [6.45, 7) is 3.63. The lowest BCUT2D eigenvalue weighted by Gasteiger charge is -2.13. The summed E-state index contributed by atoms with van der Waals surface area (Å²) < 4.78 is 0. The predicted molar refractivity (Wildman–Crippen MR) is 76.2 cm³/mol. The molecule has 1 atom stereocenters. The molecule has 0 aliphatic carbocycles. The number of carboxylic acid groups (broad SMARTS) is 1. The molecule has 0 bridgehead atoms. The van der Waals surface area contributed by atoms with Crippen LogP contribution in [-0.4, -0.2) is 28.8 Å². The van der Waals surface area contributed by atoms with E-state index < -0.39 is 24.3 Å². The minimum absolute atomic E-state index is 0.395. The Hall–Kier alpha value is -1.79. The van der Waals surface area contributed by atoms with E-state index in [1.54, 1.807) is 18.2 Å². The lowest BCUT2D eigenvalue weighted by Crippen LogP contribution is -2.37. The first-order chi connectivity index (χ1) is 9.04. The SMILES string of the molecule is C=CCSc1ccccc1NC(=O)C(N)CC(=O)O. The first-order valence-corrected chi connectivity index (χ1v) is 6.64. The summed E-state index contributed by atoms with van der Waals surface area (Å²) in [6.07, 6.45) is 1.37. The van der Waals surface area contributed by atoms with Crippen molar-refractivity contribution in [3.8, 4) is 0 Å². The van der Waals surface area contributed by atoms with Gasteiger partial charge in [0, 0.05) is 10.6 Å². The number of nitrogens with one attached hydrogen (secondary N) is 1. The smallest absolute Gasteiger partial charge is 0.305 e. The van der Waals surface area contributed by atoms with Gasteiger partial charge in [0.2, 0.25) is 5.91 Å². The van der Waals surface area contributed by atoms with Crippen LogP contribution in [0.2, 0.25) is 0 Å². The van der Waals surface area contributed by atoms with Gasteiger partial charge in [0.25, 0.3) is 0 Å². The molecule has 0 spiro atoms. The number of benzene rings is 1. The third-order valence-electron chi connectivity index (χ3n) is 2.23. The number of rotatable bonds is 7. The highest BCUT2D eigenvalue weighted by Crippen LogP contribution is 2.26. The summed E-state index contributed by atoms with van der Waals surface area (Å²) in [6, 6.07) is 6.20. The van der Waals surface area contributed by atoms with Gasteiger partial charge in [0.15, 0.2) is 0 Å². The van der Waals surface area contributed by atoms with Crippen molar-refractivity contribution in [3.63, 3.8) is 0 Å². The second kappa shape index (κ2) is 7.60. The van der Waals surface area contributed by atoms with Gasteiger partial charge in [-0.3, -0.25) is 9.59 Å². The van der Waals surface area contributed by atoms with E-state index in [1.165, 1.54) is 11.8 Å². The Morgan fingerprint density at radius 2 is 2.16 bits per heavy atom. The number of carbonyl (C=O) groups excluding carboxylic acids is 1. The Bertz CT molecular complexity index is 477. The average Bonchev–Trinajstić information content (AvgIpc) is 2.36. The van der Waals surface area contributed by atoms with E-state index in [4.69, 9.17) is 10.8 Å². The van der Waals surface area contributed by atoms with Gasteiger partial charge in [-0.15, -0.1) is 18.3 Å². The van der Waals surface area contributed by atoms with E-state index in [0.29, 0.717) is 11.4 Å². The van der Waals surface area contributed by atoms with Gasteiger partial charge in [-0.2, -0.15) is 0 Å². The second-order valence-electron chi connectivity index (χ2n) is 3.79. The highest BCUT2D eigenvalue weighted by Gasteiger charge is 2.17. The van der Waals surface area contributed by atoms with Crippen molar-refractivity contribution in [2.24, 2.45) is 5.73 Å². The van der Waals surface area contributed by atoms with Gasteiger partial charge in [-0.1, -0.05) is 18.2 Å². The molecule has 0 aliphatic heterocycles. The van der Waals surface area contributed by atoms with Gasteiger partial charge < -0.3 is 16.2 Å². The fourth-order valence-corrected chi connectivity index (χ4v) is 2.10. The van der Waals surface area contributed by atoms with Crippen molar-refractivity contribution in [2.75, 3.05) is 11.1 Å². The van der Waals surface area contributed by atoms with Crippen LogP contribution in [0.15, 0.2) is 41.8 Å². The molecule has 1 aromatic rings. The molecule has 102 valence electrons. The van der Waals surface area contributed by atoms with Crippen LogP contribution in [0.5, 0.6) is 0 Å². The van der Waals surface area contributed by atoms with Crippen LogP contribution >= 0.6 is 11.8 Å². The molecule has 0 radical (unpaired) electrons. The standard InChI is InChI=1S/C13H16N2O3S/c1-2-7-19-11-6-4-3-5-10(11)15-13(18)9(14)8-12(16)17/h2-6,9H,1,7-8,14H2,(H,15,18)(H,16,17). The quantitative estimate of drug-likeness (QED) is 0.522. The third kappa shape index (κ3) is 5.15. The van der Waals surface area contributed by atoms with E-state index >= 15 is 0 Å². The van der Waals surface area contributed by atoms with Crippen LogP contribution in [0, 0.1) is 0 Å². The predicted octanol–water partition coefficient (Wildman–Crippen LogP) is 1.71. The normalized spacial score (nSPS) is 11.6. The number of carbonyl (C=O) groups is 2. The number of hydrogen-bond acceptors (Lipinski definition) is 4. The Balaban J connectivity index is 2.72. The summed E-state index contributed by atoms with van der Waals surface area (Å²) in [7, 11) is 0. The van der Waals surface area contributed by atoms with Crippen molar-refractivity contribution in [2.45, 2.75) is 17.4 Å². The number of thioether (sulfide) groups is 1. The largest absolute Gasteiger partial charge is 0.481 e. The maximum atomic E-state index is 11.7. The van der Waals surface area contributed by atoms with Crippen LogP contribution in [0.4, 0.5) is 5.69 Å². The summed E-state index contributed by atoms with van der Waals surface area (Å²) >= 11 is 1.52. The van der Waals surface area contributed by atoms with Crippen LogP contribution < -0.4 is 11.1 Å². The molecular formula is C13H16N2O3S. The van der Waals surface area contributed by atoms with Crippen LogP contribution in [0.1, 0.15) is 6.42 Å². The van der Waals surface area contributed by atoms with Gasteiger partial charge in [0.1, 0.15) is 0 Å². The lowest BCUT2D eigenvalue weighted by atomic mass is 10.2. The number of para-hydroxylation sites is 1. The Kier molecular flexibility index (Phi) is 6.11. The molecule has 6 heteroatoms. The van der Waals surface area contributed by atoms with E-state index in [2.05, 4.69) is 11.9 Å². The highest BCUT2D eigenvalue weighted by molar-refractivity contribution is 7.99. The molecule has 0 aromatic heterocycles. The average molecular weight is 280 g/mol. The lowest BCUT2D eigenvalue weighted by molar-refractivity contribution is -0.138. The number of aliphatic carboxylic acids is 1. The molecule has 4 N–H and O–H groups in total. The van der Waals surface area contributed by atoms with Gasteiger partial charge in [-0.25, -0.2) is 0 Å². The summed E-state index contributed by atoms with van der Waals surface area (Å²) in [5.74, 6) is -0.889. The maximum absolute atomic E-state index is 11.7. The molecular weight excluding hydrogens is 264 g/mol. The molecule has 1 rings (SSSR count). The number of hydrogen-bond donors (Lipinski definition) is 3. The fourth-order valence-electron chi connectivity index (χ4n) is 1.35. The van der Waals surface area contributed by atoms with Crippen LogP contribution in [0.3, 0.4) is 0 Å². The van der Waals surface area contributed by atoms with E-state index in [0.717, 1.165) is 4.90 Å². The monoisotopic (exact) mass is 280 g/mol. The molecule has 0 aliphatic rings. The minimum atomic E-state index is -1.10. The van der Waals surface area contributed by atoms with Gasteiger partial charge in [-0.05, 0) is 12.1 Å². The summed E-state index contributed by atoms with van der Waals surface area (Å²) in [5.41, 5.74) is 6.13. The zero-order valence-corrected chi connectivity index (χ0v) is 11.2. The van der Waals surface area contributed by atoms with Crippen molar-refractivity contribution < 1.29 is 14.7 Å². The molecule has 1 aromatic carbocycles. The summed E-state index contributed by atoms with van der Waals surface area (Å²) in [5, 5.41) is 11.2. The number of nitrogens with two attached hydrogens (primary N) is 1. The van der Waals surface area contributed by atoms with Crippen molar-refractivity contribution >= 4 is 29.3 Å². The molecule has 0 saturated heterocycles. The third-order valence-corrected chi connectivity index (χ3v) is 3.30. The second-order valence-corrected chi connectivity index (χ2v) is 4.85. The van der Waals surface area contributed by atoms with Gasteiger partial charge >= 0.3 is 5.97 Å². The summed E-state index contributed by atoms with van der Waals surface area (Å²) in [4.78, 5) is 23.1. The first kappa shape index (κ1) is 15.3. The minimum Gasteiger partial charge on any atom is -0.481 e. The van der Waals surface area contributed by atoms with Crippen LogP contribution in [-0.2, 0) is 9.59 Å². The zero-order chi connectivity index (χ0) is 14.3. The molecule has 1 amide bonds. The Morgan fingerprint density at radius 1 is 1.47 bits per heavy atom. The van der Waals surface area contributed by atoms with E-state index in [1.807, 2.05) is 12.1 Å². The van der Waals surface area contributed by atoms with Gasteiger partial charge in [0.05, 0.1) is 18.2 Å². The number of carboxylic acids is 1. The first-order valence-electron chi connectivity index (χ1n) is 5.65. The molecule has 0 heterocycles. The molecule has 1 unspecified atom stereocenters. The Labute approximate surface area is 115 Å². The van der Waals surface area contributed by atoms with Crippen molar-refractivity contribution in [1.29, 1.82) is 0 Å². The Morgan fingerprint density at radius 3 is 2.79 bits per heavy atom. The molecule has 5 nitrogen and oxygen atoms in total. The number of amides is 1.